The van der Waals surface area contributed by atoms with Gasteiger partial charge in [0.2, 0.25) is 0 Å². The third-order valence-corrected chi connectivity index (χ3v) is 2.81. The minimum atomic E-state index is -2.92. The van der Waals surface area contributed by atoms with Gasteiger partial charge < -0.3 is 4.90 Å². The molecule has 0 radical (unpaired) electrons. The maximum atomic E-state index is 12.4. The molecule has 4 heteroatoms. The number of halogens is 2. The summed E-state index contributed by atoms with van der Waals surface area (Å²) in [5.41, 5.74) is 1.62. The van der Waals surface area contributed by atoms with Crippen LogP contribution >= 0.6 is 0 Å². The second kappa shape index (κ2) is 4.60. The first kappa shape index (κ1) is 11.0. The number of fused-ring (bicyclic) bond motifs is 1. The van der Waals surface area contributed by atoms with E-state index >= 15 is 0 Å². The molecule has 2 nitrogen and oxygen atoms in total. The highest BCUT2D eigenvalue weighted by atomic mass is 19.3. The van der Waals surface area contributed by atoms with Crippen molar-refractivity contribution in [1.82, 2.24) is 0 Å². The average Bonchev–Trinajstić information content (AvgIpc) is 2.50. The molecule has 1 heterocycles. The number of hydrogen-bond acceptors (Lipinski definition) is 1. The second-order valence-corrected chi connectivity index (χ2v) is 3.88. The lowest BCUT2D eigenvalue weighted by molar-refractivity contribution is -0.128. The maximum absolute atomic E-state index is 12.4. The third-order valence-electron chi connectivity index (χ3n) is 2.81. The maximum Gasteiger partial charge on any atom is 0.316 e. The number of amides is 1. The van der Waals surface area contributed by atoms with Gasteiger partial charge in [0, 0.05) is 12.2 Å². The molecule has 0 bridgehead atoms. The molecule has 86 valence electrons. The number of hydrogen-bond donors (Lipinski definition) is 0. The van der Waals surface area contributed by atoms with Crippen molar-refractivity contribution < 1.29 is 13.6 Å². The molecule has 1 amide bonds. The molecular formula is C12H13F2NO. The summed E-state index contributed by atoms with van der Waals surface area (Å²) in [5.74, 6) is -1.09. The Bertz CT molecular complexity index is 392. The molecule has 0 spiro atoms. The molecule has 0 unspecified atom stereocenters. The highest BCUT2D eigenvalue weighted by molar-refractivity contribution is 5.96. The van der Waals surface area contributed by atoms with E-state index < -0.39 is 12.3 Å². The number of para-hydroxylation sites is 1. The lowest BCUT2D eigenvalue weighted by Crippen LogP contribution is -2.36. The third kappa shape index (κ3) is 2.05. The molecular weight excluding hydrogens is 212 g/mol. The van der Waals surface area contributed by atoms with Crippen molar-refractivity contribution in [2.24, 2.45) is 0 Å². The highest BCUT2D eigenvalue weighted by Gasteiger charge is 2.26. The number of alkyl halides is 2. The monoisotopic (exact) mass is 225 g/mol. The van der Waals surface area contributed by atoms with Crippen LogP contribution < -0.4 is 4.90 Å². The Labute approximate surface area is 92.9 Å². The van der Waals surface area contributed by atoms with Crippen LogP contribution in [-0.4, -0.2) is 18.9 Å². The molecule has 1 aromatic rings. The van der Waals surface area contributed by atoms with Crippen LogP contribution in [0.15, 0.2) is 24.3 Å². The zero-order chi connectivity index (χ0) is 11.5. The van der Waals surface area contributed by atoms with Crippen LogP contribution in [0.2, 0.25) is 0 Å². The SMILES string of the molecule is O=C(C(F)F)N1CCCCc2ccccc21. The van der Waals surface area contributed by atoms with Crippen LogP contribution in [0.4, 0.5) is 14.5 Å². The van der Waals surface area contributed by atoms with E-state index in [1.54, 1.807) is 12.1 Å². The summed E-state index contributed by atoms with van der Waals surface area (Å²) in [6, 6.07) is 7.28. The minimum Gasteiger partial charge on any atom is -0.307 e. The van der Waals surface area contributed by atoms with Crippen LogP contribution in [-0.2, 0) is 11.2 Å². The summed E-state index contributed by atoms with van der Waals surface area (Å²) < 4.78 is 24.9. The first-order valence-corrected chi connectivity index (χ1v) is 5.37. The van der Waals surface area contributed by atoms with Crippen molar-refractivity contribution in [2.45, 2.75) is 25.7 Å². The zero-order valence-corrected chi connectivity index (χ0v) is 8.83. The highest BCUT2D eigenvalue weighted by Crippen LogP contribution is 2.26. The van der Waals surface area contributed by atoms with Gasteiger partial charge in [-0.1, -0.05) is 18.2 Å². The van der Waals surface area contributed by atoms with Gasteiger partial charge in [-0.3, -0.25) is 4.79 Å². The number of aryl methyl sites for hydroxylation is 1. The van der Waals surface area contributed by atoms with Gasteiger partial charge in [0.25, 0.3) is 5.91 Å². The van der Waals surface area contributed by atoms with Gasteiger partial charge in [-0.2, -0.15) is 8.78 Å². The normalized spacial score (nSPS) is 15.8. The molecule has 0 atom stereocenters. The Morgan fingerprint density at radius 3 is 2.75 bits per heavy atom. The summed E-state index contributed by atoms with van der Waals surface area (Å²) in [7, 11) is 0. The summed E-state index contributed by atoms with van der Waals surface area (Å²) >= 11 is 0. The predicted molar refractivity (Wildman–Crippen MR) is 57.7 cm³/mol. The minimum absolute atomic E-state index is 0.389. The smallest absolute Gasteiger partial charge is 0.307 e. The van der Waals surface area contributed by atoms with E-state index in [2.05, 4.69) is 0 Å². The van der Waals surface area contributed by atoms with Crippen LogP contribution in [0.3, 0.4) is 0 Å². The Hall–Kier alpha value is -1.45. The first-order valence-electron chi connectivity index (χ1n) is 5.37. The van der Waals surface area contributed by atoms with Gasteiger partial charge in [0.05, 0.1) is 0 Å². The molecule has 16 heavy (non-hydrogen) atoms. The standard InChI is InChI=1S/C12H13F2NO/c13-11(14)12(16)15-8-4-3-6-9-5-1-2-7-10(9)15/h1-2,5,7,11H,3-4,6,8H2. The van der Waals surface area contributed by atoms with Crippen molar-refractivity contribution in [3.05, 3.63) is 29.8 Å². The molecule has 0 saturated heterocycles. The molecule has 1 aliphatic rings. The first-order chi connectivity index (χ1) is 7.70. The van der Waals surface area contributed by atoms with E-state index in [0.717, 1.165) is 24.8 Å². The van der Waals surface area contributed by atoms with Crippen LogP contribution in [0.1, 0.15) is 18.4 Å². The predicted octanol–water partition coefficient (Wildman–Crippen LogP) is 2.62. The quantitative estimate of drug-likeness (QED) is 0.719. The van der Waals surface area contributed by atoms with Crippen LogP contribution in [0.5, 0.6) is 0 Å². The summed E-state index contributed by atoms with van der Waals surface area (Å²) in [6.45, 7) is 0.389. The number of benzene rings is 1. The molecule has 1 aromatic carbocycles. The number of rotatable bonds is 1. The lowest BCUT2D eigenvalue weighted by Gasteiger charge is -2.22. The van der Waals surface area contributed by atoms with E-state index in [-0.39, 0.29) is 0 Å². The van der Waals surface area contributed by atoms with Crippen molar-refractivity contribution in [3.8, 4) is 0 Å². The van der Waals surface area contributed by atoms with Crippen LogP contribution in [0.25, 0.3) is 0 Å². The van der Waals surface area contributed by atoms with Gasteiger partial charge in [0.1, 0.15) is 0 Å². The van der Waals surface area contributed by atoms with E-state index in [1.165, 1.54) is 4.90 Å². The molecule has 0 aliphatic carbocycles. The molecule has 0 aromatic heterocycles. The summed E-state index contributed by atoms with van der Waals surface area (Å²) in [4.78, 5) is 12.6. The molecule has 0 saturated carbocycles. The van der Waals surface area contributed by atoms with E-state index in [4.69, 9.17) is 0 Å². The number of carbonyl (C=O) groups is 1. The zero-order valence-electron chi connectivity index (χ0n) is 8.83. The van der Waals surface area contributed by atoms with Gasteiger partial charge in [-0.25, -0.2) is 0 Å². The summed E-state index contributed by atoms with van der Waals surface area (Å²) in [6.07, 6.45) is -0.369. The molecule has 0 N–H and O–H groups in total. The fourth-order valence-electron chi connectivity index (χ4n) is 2.04. The fraction of sp³-hybridized carbons (Fsp3) is 0.417. The fourth-order valence-corrected chi connectivity index (χ4v) is 2.04. The number of nitrogens with zero attached hydrogens (tertiary/aromatic N) is 1. The topological polar surface area (TPSA) is 20.3 Å². The van der Waals surface area contributed by atoms with Crippen molar-refractivity contribution in [1.29, 1.82) is 0 Å². The van der Waals surface area contributed by atoms with Crippen LogP contribution in [0, 0.1) is 0 Å². The van der Waals surface area contributed by atoms with Crippen molar-refractivity contribution >= 4 is 11.6 Å². The lowest BCUT2D eigenvalue weighted by atomic mass is 10.1. The molecule has 1 aliphatic heterocycles. The Morgan fingerprint density at radius 2 is 2.00 bits per heavy atom. The van der Waals surface area contributed by atoms with E-state index in [9.17, 15) is 13.6 Å². The van der Waals surface area contributed by atoms with Crippen molar-refractivity contribution in [3.63, 3.8) is 0 Å². The van der Waals surface area contributed by atoms with E-state index in [1.807, 2.05) is 12.1 Å². The Morgan fingerprint density at radius 1 is 1.25 bits per heavy atom. The van der Waals surface area contributed by atoms with Gasteiger partial charge in [0.15, 0.2) is 0 Å². The molecule has 0 fully saturated rings. The van der Waals surface area contributed by atoms with E-state index in [0.29, 0.717) is 12.2 Å². The van der Waals surface area contributed by atoms with Gasteiger partial charge in [-0.05, 0) is 30.9 Å². The second-order valence-electron chi connectivity index (χ2n) is 3.88. The number of carbonyl (C=O) groups excluding carboxylic acids is 1. The van der Waals surface area contributed by atoms with Crippen molar-refractivity contribution in [2.75, 3.05) is 11.4 Å². The largest absolute Gasteiger partial charge is 0.316 e. The number of anilines is 1. The summed E-state index contributed by atoms with van der Waals surface area (Å²) in [5, 5.41) is 0. The van der Waals surface area contributed by atoms with Gasteiger partial charge >= 0.3 is 6.43 Å². The Kier molecular flexibility index (Phi) is 3.17. The van der Waals surface area contributed by atoms with Gasteiger partial charge in [-0.15, -0.1) is 0 Å². The Balaban J connectivity index is 2.36. The molecule has 2 rings (SSSR count). The average molecular weight is 225 g/mol.